The average Bonchev–Trinajstić information content (AvgIpc) is 3.08. The Balaban J connectivity index is 1.96. The lowest BCUT2D eigenvalue weighted by Crippen LogP contribution is -2.11. The van der Waals surface area contributed by atoms with Crippen LogP contribution < -0.4 is 5.32 Å². The van der Waals surface area contributed by atoms with E-state index in [4.69, 9.17) is 0 Å². The number of nitrogens with zero attached hydrogens (tertiary/aromatic N) is 2. The molecule has 4 nitrogen and oxygen atoms in total. The molecule has 0 saturated carbocycles. The maximum atomic E-state index is 13.8. The number of hydrogen-bond acceptors (Lipinski definition) is 5. The van der Waals surface area contributed by atoms with Gasteiger partial charge in [-0.3, -0.25) is 10.1 Å². The van der Waals surface area contributed by atoms with Crippen molar-refractivity contribution in [3.63, 3.8) is 0 Å². The van der Waals surface area contributed by atoms with E-state index in [0.717, 1.165) is 23.5 Å². The summed E-state index contributed by atoms with van der Waals surface area (Å²) < 4.78 is 27.6. The van der Waals surface area contributed by atoms with Gasteiger partial charge in [-0.2, -0.15) is 0 Å². The van der Waals surface area contributed by atoms with Crippen molar-refractivity contribution in [3.8, 4) is 10.6 Å². The summed E-state index contributed by atoms with van der Waals surface area (Å²) in [5.74, 6) is -1.81. The first-order valence-electron chi connectivity index (χ1n) is 6.19. The summed E-state index contributed by atoms with van der Waals surface area (Å²) in [6, 6.07) is 3.60. The largest absolute Gasteiger partial charge is 0.297 e. The van der Waals surface area contributed by atoms with Crippen LogP contribution in [0.3, 0.4) is 0 Å². The highest BCUT2D eigenvalue weighted by atomic mass is 32.1. The molecule has 0 atom stereocenters. The third kappa shape index (κ3) is 2.75. The molecule has 1 aromatic carbocycles. The zero-order valence-electron chi connectivity index (χ0n) is 11.3. The van der Waals surface area contributed by atoms with Gasteiger partial charge in [0.05, 0.1) is 11.3 Å². The van der Waals surface area contributed by atoms with Crippen molar-refractivity contribution < 1.29 is 13.6 Å². The molecule has 2 heterocycles. The van der Waals surface area contributed by atoms with Gasteiger partial charge in [-0.05, 0) is 19.1 Å². The molecule has 112 valence electrons. The molecule has 0 aliphatic heterocycles. The Kier molecular flexibility index (Phi) is 3.95. The third-order valence-corrected chi connectivity index (χ3v) is 4.69. The van der Waals surface area contributed by atoms with E-state index in [2.05, 4.69) is 15.3 Å². The third-order valence-electron chi connectivity index (χ3n) is 2.83. The van der Waals surface area contributed by atoms with Gasteiger partial charge >= 0.3 is 0 Å². The first-order chi connectivity index (χ1) is 10.6. The molecule has 3 aromatic rings. The van der Waals surface area contributed by atoms with Crippen molar-refractivity contribution in [3.05, 3.63) is 52.0 Å². The molecule has 0 bridgehead atoms. The normalized spacial score (nSPS) is 10.7. The number of carbonyl (C=O) groups excluding carboxylic acids is 1. The molecular weight excluding hydrogens is 328 g/mol. The smallest absolute Gasteiger partial charge is 0.269 e. The van der Waals surface area contributed by atoms with E-state index in [1.165, 1.54) is 17.4 Å². The van der Waals surface area contributed by atoms with E-state index in [9.17, 15) is 13.6 Å². The first-order valence-corrected chi connectivity index (χ1v) is 7.88. The van der Waals surface area contributed by atoms with Crippen molar-refractivity contribution in [2.24, 2.45) is 0 Å². The Labute approximate surface area is 132 Å². The predicted molar refractivity (Wildman–Crippen MR) is 82.3 cm³/mol. The Bertz CT molecular complexity index is 810. The van der Waals surface area contributed by atoms with Crippen LogP contribution in [-0.2, 0) is 0 Å². The van der Waals surface area contributed by atoms with Gasteiger partial charge in [0.15, 0.2) is 5.13 Å². The van der Waals surface area contributed by atoms with E-state index in [0.29, 0.717) is 15.7 Å². The summed E-state index contributed by atoms with van der Waals surface area (Å²) in [4.78, 5) is 20.6. The van der Waals surface area contributed by atoms with Crippen LogP contribution in [0, 0.1) is 18.6 Å². The molecule has 0 fully saturated rings. The Hall–Kier alpha value is -2.19. The number of aromatic nitrogens is 2. The SMILES string of the molecule is Cc1nc(-c2c(F)cccc2F)sc1C(=O)Nc1nccs1. The lowest BCUT2D eigenvalue weighted by Gasteiger charge is -2.00. The maximum Gasteiger partial charge on any atom is 0.269 e. The van der Waals surface area contributed by atoms with Crippen LogP contribution >= 0.6 is 22.7 Å². The van der Waals surface area contributed by atoms with E-state index in [-0.39, 0.29) is 10.6 Å². The number of halogens is 2. The Morgan fingerprint density at radius 2 is 2.00 bits per heavy atom. The molecule has 0 aliphatic carbocycles. The van der Waals surface area contributed by atoms with Gasteiger partial charge in [-0.15, -0.1) is 22.7 Å². The number of carbonyl (C=O) groups is 1. The minimum atomic E-state index is -0.708. The fraction of sp³-hybridized carbons (Fsp3) is 0.0714. The van der Waals surface area contributed by atoms with Gasteiger partial charge in [-0.25, -0.2) is 18.7 Å². The van der Waals surface area contributed by atoms with Crippen LogP contribution in [0.15, 0.2) is 29.8 Å². The van der Waals surface area contributed by atoms with Crippen molar-refractivity contribution in [2.45, 2.75) is 6.92 Å². The maximum absolute atomic E-state index is 13.8. The summed E-state index contributed by atoms with van der Waals surface area (Å²) in [6.07, 6.45) is 1.57. The Morgan fingerprint density at radius 3 is 2.64 bits per heavy atom. The van der Waals surface area contributed by atoms with Gasteiger partial charge in [0.1, 0.15) is 21.5 Å². The molecule has 0 spiro atoms. The highest BCUT2D eigenvalue weighted by Gasteiger charge is 2.20. The number of anilines is 1. The van der Waals surface area contributed by atoms with Crippen molar-refractivity contribution in [1.82, 2.24) is 9.97 Å². The highest BCUT2D eigenvalue weighted by molar-refractivity contribution is 7.17. The highest BCUT2D eigenvalue weighted by Crippen LogP contribution is 2.32. The molecule has 0 radical (unpaired) electrons. The first kappa shape index (κ1) is 14.7. The quantitative estimate of drug-likeness (QED) is 0.783. The van der Waals surface area contributed by atoms with Gasteiger partial charge < -0.3 is 0 Å². The second-order valence-electron chi connectivity index (χ2n) is 4.32. The molecule has 3 rings (SSSR count). The van der Waals surface area contributed by atoms with Crippen LogP contribution in [-0.4, -0.2) is 15.9 Å². The number of hydrogen-bond donors (Lipinski definition) is 1. The number of aryl methyl sites for hydroxylation is 1. The molecule has 8 heteroatoms. The number of benzene rings is 1. The standard InChI is InChI=1S/C14H9F2N3OS2/c1-7-11(12(20)19-14-17-5-6-21-14)22-13(18-7)10-8(15)3-2-4-9(10)16/h2-6H,1H3,(H,17,19,20). The molecule has 1 amide bonds. The average molecular weight is 337 g/mol. The van der Waals surface area contributed by atoms with Crippen molar-refractivity contribution in [2.75, 3.05) is 5.32 Å². The van der Waals surface area contributed by atoms with E-state index >= 15 is 0 Å². The Morgan fingerprint density at radius 1 is 1.27 bits per heavy atom. The molecule has 1 N–H and O–H groups in total. The molecule has 0 unspecified atom stereocenters. The number of rotatable bonds is 3. The fourth-order valence-electron chi connectivity index (χ4n) is 1.86. The minimum Gasteiger partial charge on any atom is -0.297 e. The molecule has 0 aliphatic rings. The zero-order valence-corrected chi connectivity index (χ0v) is 12.9. The lowest BCUT2D eigenvalue weighted by molar-refractivity contribution is 0.103. The topological polar surface area (TPSA) is 54.9 Å². The van der Waals surface area contributed by atoms with Gasteiger partial charge in [-0.1, -0.05) is 6.07 Å². The van der Waals surface area contributed by atoms with Crippen LogP contribution in [0.4, 0.5) is 13.9 Å². The van der Waals surface area contributed by atoms with Crippen molar-refractivity contribution in [1.29, 1.82) is 0 Å². The second kappa shape index (κ2) is 5.90. The summed E-state index contributed by atoms with van der Waals surface area (Å²) in [5, 5.41) is 4.95. The van der Waals surface area contributed by atoms with Gasteiger partial charge in [0, 0.05) is 11.6 Å². The van der Waals surface area contributed by atoms with Gasteiger partial charge in [0.25, 0.3) is 5.91 Å². The van der Waals surface area contributed by atoms with Crippen molar-refractivity contribution >= 4 is 33.7 Å². The van der Waals surface area contributed by atoms with E-state index in [1.54, 1.807) is 18.5 Å². The fourth-order valence-corrected chi connectivity index (χ4v) is 3.39. The van der Waals surface area contributed by atoms with E-state index in [1.807, 2.05) is 0 Å². The van der Waals surface area contributed by atoms with E-state index < -0.39 is 17.5 Å². The van der Waals surface area contributed by atoms with Crippen LogP contribution in [0.25, 0.3) is 10.6 Å². The lowest BCUT2D eigenvalue weighted by atomic mass is 10.2. The monoisotopic (exact) mass is 337 g/mol. The number of nitrogens with one attached hydrogen (secondary N) is 1. The summed E-state index contributed by atoms with van der Waals surface area (Å²) >= 11 is 2.23. The minimum absolute atomic E-state index is 0.136. The van der Waals surface area contributed by atoms with Crippen LogP contribution in [0.5, 0.6) is 0 Å². The number of amides is 1. The molecule has 22 heavy (non-hydrogen) atoms. The van der Waals surface area contributed by atoms with Crippen LogP contribution in [0.2, 0.25) is 0 Å². The number of thiazole rings is 2. The summed E-state index contributed by atoms with van der Waals surface area (Å²) in [6.45, 7) is 1.62. The predicted octanol–water partition coefficient (Wildman–Crippen LogP) is 4.11. The second-order valence-corrected chi connectivity index (χ2v) is 6.22. The summed E-state index contributed by atoms with van der Waals surface area (Å²) in [7, 11) is 0. The van der Waals surface area contributed by atoms with Gasteiger partial charge in [0.2, 0.25) is 0 Å². The summed E-state index contributed by atoms with van der Waals surface area (Å²) in [5.41, 5.74) is 0.195. The molecule has 0 saturated heterocycles. The molecular formula is C14H9F2N3OS2. The van der Waals surface area contributed by atoms with Crippen LogP contribution in [0.1, 0.15) is 15.4 Å². The molecule has 2 aromatic heterocycles. The zero-order chi connectivity index (χ0) is 15.7.